The van der Waals surface area contributed by atoms with E-state index in [0.717, 1.165) is 23.0 Å². The maximum absolute atomic E-state index is 10.5. The number of para-hydroxylation sites is 1. The quantitative estimate of drug-likeness (QED) is 0.853. The first-order valence-corrected chi connectivity index (χ1v) is 6.47. The first-order valence-electron chi connectivity index (χ1n) is 6.47. The fraction of sp³-hybridized carbons (Fsp3) is 0.467. The number of hydrogen-bond donors (Lipinski definition) is 2. The molecule has 3 heteroatoms. The van der Waals surface area contributed by atoms with E-state index in [9.17, 15) is 5.11 Å². The largest absolute Gasteiger partial charge is 0.464 e. The molecule has 0 radical (unpaired) electrons. The molecule has 3 N–H and O–H groups in total. The van der Waals surface area contributed by atoms with Gasteiger partial charge in [-0.15, -0.1) is 0 Å². The Balaban J connectivity index is 2.29. The van der Waals surface area contributed by atoms with E-state index in [1.54, 1.807) is 6.26 Å². The van der Waals surface area contributed by atoms with Gasteiger partial charge in [0, 0.05) is 16.9 Å². The van der Waals surface area contributed by atoms with Crippen LogP contribution < -0.4 is 5.73 Å². The Hall–Kier alpha value is -1.32. The summed E-state index contributed by atoms with van der Waals surface area (Å²) in [4.78, 5) is 0. The zero-order chi connectivity index (χ0) is 13.1. The van der Waals surface area contributed by atoms with E-state index < -0.39 is 6.10 Å². The van der Waals surface area contributed by atoms with Crippen LogP contribution in [0.2, 0.25) is 0 Å². The number of furan rings is 1. The second-order valence-corrected chi connectivity index (χ2v) is 5.26. The highest BCUT2D eigenvalue weighted by atomic mass is 16.3. The van der Waals surface area contributed by atoms with Crippen molar-refractivity contribution in [3.05, 3.63) is 36.1 Å². The number of nitrogens with two attached hydrogens (primary N) is 1. The topological polar surface area (TPSA) is 59.4 Å². The van der Waals surface area contributed by atoms with Crippen molar-refractivity contribution < 1.29 is 9.52 Å². The third-order valence-corrected chi connectivity index (χ3v) is 3.35. The summed E-state index contributed by atoms with van der Waals surface area (Å²) in [5.74, 6) is 0.595. The summed E-state index contributed by atoms with van der Waals surface area (Å²) in [5, 5.41) is 11.5. The lowest BCUT2D eigenvalue weighted by Gasteiger charge is -2.22. The molecule has 3 nitrogen and oxygen atoms in total. The van der Waals surface area contributed by atoms with Gasteiger partial charge < -0.3 is 15.3 Å². The van der Waals surface area contributed by atoms with Crippen LogP contribution in [0.3, 0.4) is 0 Å². The van der Waals surface area contributed by atoms with Crippen LogP contribution in [-0.2, 0) is 0 Å². The van der Waals surface area contributed by atoms with Gasteiger partial charge in [-0.05, 0) is 24.9 Å². The molecule has 0 amide bonds. The number of aliphatic hydroxyl groups is 1. The molecule has 2 rings (SSSR count). The summed E-state index contributed by atoms with van der Waals surface area (Å²) >= 11 is 0. The van der Waals surface area contributed by atoms with Crippen LogP contribution in [0.1, 0.15) is 31.9 Å². The first kappa shape index (κ1) is 13.1. The van der Waals surface area contributed by atoms with Crippen LogP contribution in [0.15, 0.2) is 34.9 Å². The molecule has 0 aliphatic heterocycles. The van der Waals surface area contributed by atoms with Crippen molar-refractivity contribution in [2.75, 3.05) is 6.54 Å². The average molecular weight is 247 g/mol. The molecule has 0 saturated carbocycles. The van der Waals surface area contributed by atoms with Gasteiger partial charge in [-0.25, -0.2) is 0 Å². The minimum atomic E-state index is -0.555. The second kappa shape index (κ2) is 5.55. The van der Waals surface area contributed by atoms with Crippen LogP contribution in [0.5, 0.6) is 0 Å². The summed E-state index contributed by atoms with van der Waals surface area (Å²) in [6, 6.07) is 7.76. The molecule has 1 aromatic heterocycles. The molecule has 2 aromatic rings. The van der Waals surface area contributed by atoms with Gasteiger partial charge in [0.15, 0.2) is 0 Å². The predicted octanol–water partition coefficient (Wildman–Crippen LogP) is 3.09. The van der Waals surface area contributed by atoms with Gasteiger partial charge in [-0.2, -0.15) is 0 Å². The van der Waals surface area contributed by atoms with Gasteiger partial charge in [0.2, 0.25) is 0 Å². The average Bonchev–Trinajstić information content (AvgIpc) is 2.78. The van der Waals surface area contributed by atoms with Crippen molar-refractivity contribution in [3.63, 3.8) is 0 Å². The van der Waals surface area contributed by atoms with E-state index in [1.165, 1.54) is 0 Å². The van der Waals surface area contributed by atoms with E-state index in [4.69, 9.17) is 10.2 Å². The maximum Gasteiger partial charge on any atom is 0.134 e. The highest BCUT2D eigenvalue weighted by molar-refractivity contribution is 5.81. The summed E-state index contributed by atoms with van der Waals surface area (Å²) in [6.07, 6.45) is 2.01. The number of rotatable bonds is 5. The van der Waals surface area contributed by atoms with E-state index in [2.05, 4.69) is 13.8 Å². The highest BCUT2D eigenvalue weighted by Gasteiger charge is 2.23. The molecule has 18 heavy (non-hydrogen) atoms. The van der Waals surface area contributed by atoms with Crippen LogP contribution in [0, 0.1) is 11.8 Å². The molecular formula is C15H21NO2. The molecule has 2 atom stereocenters. The smallest absolute Gasteiger partial charge is 0.134 e. The monoisotopic (exact) mass is 247 g/mol. The Morgan fingerprint density at radius 3 is 2.67 bits per heavy atom. The third kappa shape index (κ3) is 2.57. The van der Waals surface area contributed by atoms with Crippen molar-refractivity contribution in [1.82, 2.24) is 0 Å². The van der Waals surface area contributed by atoms with Crippen LogP contribution in [-0.4, -0.2) is 11.7 Å². The Kier molecular flexibility index (Phi) is 4.04. The molecular weight excluding hydrogens is 226 g/mol. The third-order valence-electron chi connectivity index (χ3n) is 3.35. The predicted molar refractivity (Wildman–Crippen MR) is 73.2 cm³/mol. The van der Waals surface area contributed by atoms with E-state index in [-0.39, 0.29) is 5.92 Å². The lowest BCUT2D eigenvalue weighted by molar-refractivity contribution is 0.0999. The fourth-order valence-electron chi connectivity index (χ4n) is 2.44. The van der Waals surface area contributed by atoms with Gasteiger partial charge in [0.25, 0.3) is 0 Å². The fourth-order valence-corrected chi connectivity index (χ4v) is 2.44. The Morgan fingerprint density at radius 2 is 2.00 bits per heavy atom. The van der Waals surface area contributed by atoms with Gasteiger partial charge in [-0.1, -0.05) is 32.0 Å². The first-order chi connectivity index (χ1) is 8.63. The molecule has 0 saturated heterocycles. The van der Waals surface area contributed by atoms with Gasteiger partial charge in [-0.3, -0.25) is 0 Å². The highest BCUT2D eigenvalue weighted by Crippen LogP contribution is 2.32. The van der Waals surface area contributed by atoms with Crippen LogP contribution in [0.4, 0.5) is 0 Å². The Bertz CT molecular complexity index is 504. The van der Waals surface area contributed by atoms with E-state index in [0.29, 0.717) is 12.5 Å². The standard InChI is InChI=1S/C15H21NO2/c1-10(2)7-11(8-16)15(17)13-9-18-14-6-4-3-5-12(13)14/h3-6,9-11,15,17H,7-8,16H2,1-2H3. The number of benzene rings is 1. The molecule has 0 fully saturated rings. The zero-order valence-electron chi connectivity index (χ0n) is 11.0. The van der Waals surface area contributed by atoms with Gasteiger partial charge >= 0.3 is 0 Å². The lowest BCUT2D eigenvalue weighted by atomic mass is 9.88. The minimum Gasteiger partial charge on any atom is -0.464 e. The van der Waals surface area contributed by atoms with Crippen LogP contribution >= 0.6 is 0 Å². The van der Waals surface area contributed by atoms with E-state index in [1.807, 2.05) is 24.3 Å². The molecule has 1 heterocycles. The molecule has 2 unspecified atom stereocenters. The summed E-state index contributed by atoms with van der Waals surface area (Å²) in [5.41, 5.74) is 7.44. The maximum atomic E-state index is 10.5. The number of aliphatic hydroxyl groups excluding tert-OH is 1. The molecule has 0 aliphatic rings. The number of hydrogen-bond acceptors (Lipinski definition) is 3. The molecule has 98 valence electrons. The minimum absolute atomic E-state index is 0.0750. The summed E-state index contributed by atoms with van der Waals surface area (Å²) < 4.78 is 5.47. The molecule has 0 spiro atoms. The van der Waals surface area contributed by atoms with Gasteiger partial charge in [0.1, 0.15) is 5.58 Å². The van der Waals surface area contributed by atoms with Crippen molar-refractivity contribution in [2.24, 2.45) is 17.6 Å². The van der Waals surface area contributed by atoms with Gasteiger partial charge in [0.05, 0.1) is 12.4 Å². The Morgan fingerprint density at radius 1 is 1.28 bits per heavy atom. The normalized spacial score (nSPS) is 15.2. The lowest BCUT2D eigenvalue weighted by Crippen LogP contribution is -2.23. The zero-order valence-corrected chi connectivity index (χ0v) is 11.0. The van der Waals surface area contributed by atoms with Crippen molar-refractivity contribution >= 4 is 11.0 Å². The molecule has 0 bridgehead atoms. The van der Waals surface area contributed by atoms with E-state index >= 15 is 0 Å². The van der Waals surface area contributed by atoms with Crippen LogP contribution in [0.25, 0.3) is 11.0 Å². The molecule has 0 aliphatic carbocycles. The summed E-state index contributed by atoms with van der Waals surface area (Å²) in [6.45, 7) is 4.77. The second-order valence-electron chi connectivity index (χ2n) is 5.26. The van der Waals surface area contributed by atoms with Crippen molar-refractivity contribution in [2.45, 2.75) is 26.4 Å². The van der Waals surface area contributed by atoms with Crippen molar-refractivity contribution in [3.8, 4) is 0 Å². The summed E-state index contributed by atoms with van der Waals surface area (Å²) in [7, 11) is 0. The molecule has 1 aromatic carbocycles. The Labute approximate surface area is 108 Å². The SMILES string of the molecule is CC(C)CC(CN)C(O)c1coc2ccccc12. The van der Waals surface area contributed by atoms with Crippen molar-refractivity contribution in [1.29, 1.82) is 0 Å². The number of fused-ring (bicyclic) bond motifs is 1.